The number of halogens is 1. The number of hydrogen-bond acceptors (Lipinski definition) is 4. The van der Waals surface area contributed by atoms with Gasteiger partial charge in [0.15, 0.2) is 0 Å². The van der Waals surface area contributed by atoms with Gasteiger partial charge in [-0.2, -0.15) is 0 Å². The zero-order chi connectivity index (χ0) is 21.7. The van der Waals surface area contributed by atoms with E-state index in [4.69, 9.17) is 10.5 Å². The van der Waals surface area contributed by atoms with Gasteiger partial charge in [-0.25, -0.2) is 0 Å². The number of benzene rings is 1. The number of rotatable bonds is 9. The van der Waals surface area contributed by atoms with Crippen LogP contribution >= 0.6 is 12.4 Å². The molecule has 0 bridgehead atoms. The zero-order valence-electron chi connectivity index (χ0n) is 18.9. The van der Waals surface area contributed by atoms with Crippen LogP contribution in [0.2, 0.25) is 0 Å². The molecule has 1 aliphatic rings. The molecular weight excluding hydrogens is 414 g/mol. The van der Waals surface area contributed by atoms with E-state index in [0.717, 1.165) is 49.6 Å². The van der Waals surface area contributed by atoms with E-state index in [1.807, 2.05) is 12.1 Å². The third-order valence-electron chi connectivity index (χ3n) is 5.81. The first-order valence-corrected chi connectivity index (χ1v) is 11.3. The van der Waals surface area contributed by atoms with Crippen LogP contribution in [0.5, 0.6) is 5.75 Å². The first-order chi connectivity index (χ1) is 14.5. The molecule has 0 unspecified atom stereocenters. The topological polar surface area (TPSA) is 86.3 Å². The van der Waals surface area contributed by atoms with Gasteiger partial charge in [-0.3, -0.25) is 9.59 Å². The van der Waals surface area contributed by atoms with Crippen LogP contribution in [0.25, 0.3) is 10.8 Å². The molecule has 3 N–H and O–H groups in total. The Morgan fingerprint density at radius 3 is 2.58 bits per heavy atom. The molecule has 0 saturated heterocycles. The Bertz CT molecular complexity index is 949. The van der Waals surface area contributed by atoms with Crippen LogP contribution in [-0.2, 0) is 17.9 Å². The Balaban J connectivity index is 0.00000341. The number of aromatic nitrogens is 1. The average Bonchev–Trinajstić information content (AvgIpc) is 3.26. The summed E-state index contributed by atoms with van der Waals surface area (Å²) in [6.45, 7) is 7.65. The molecule has 1 aromatic heterocycles. The number of nitrogens with two attached hydrogens (primary N) is 1. The normalized spacial score (nSPS) is 14.1. The molecule has 1 amide bonds. The number of fused-ring (bicyclic) bond motifs is 1. The zero-order valence-corrected chi connectivity index (χ0v) is 19.7. The molecule has 172 valence electrons. The standard InChI is InChI=1S/C24H35N3O3.ClH/c1-4-5-12-30-22-20-13-18(26-23(28)17-8-6-7-9-17)10-11-19(20)24(29)27(15-16(2)3)21(22)14-25;/h10-11,13,16-17H,4-9,12,14-15,25H2,1-3H3,(H,26,28);1H. The molecule has 2 aromatic rings. The molecule has 7 heteroatoms. The number of ether oxygens (including phenoxy) is 1. The van der Waals surface area contributed by atoms with Crippen LogP contribution in [-0.4, -0.2) is 17.1 Å². The second-order valence-corrected chi connectivity index (χ2v) is 8.72. The van der Waals surface area contributed by atoms with Gasteiger partial charge >= 0.3 is 0 Å². The monoisotopic (exact) mass is 449 g/mol. The molecule has 1 aromatic carbocycles. The lowest BCUT2D eigenvalue weighted by Gasteiger charge is -2.21. The second kappa shape index (κ2) is 11.5. The fraction of sp³-hybridized carbons (Fsp3) is 0.583. The van der Waals surface area contributed by atoms with Crippen molar-refractivity contribution in [3.8, 4) is 5.75 Å². The Labute approximate surface area is 190 Å². The highest BCUT2D eigenvalue weighted by Gasteiger charge is 2.23. The van der Waals surface area contributed by atoms with Crippen molar-refractivity contribution >= 4 is 34.8 Å². The lowest BCUT2D eigenvalue weighted by Crippen LogP contribution is -2.28. The van der Waals surface area contributed by atoms with Crippen molar-refractivity contribution in [2.75, 3.05) is 11.9 Å². The summed E-state index contributed by atoms with van der Waals surface area (Å²) >= 11 is 0. The van der Waals surface area contributed by atoms with Gasteiger partial charge in [0.25, 0.3) is 5.56 Å². The highest BCUT2D eigenvalue weighted by molar-refractivity contribution is 5.97. The lowest BCUT2D eigenvalue weighted by molar-refractivity contribution is -0.119. The second-order valence-electron chi connectivity index (χ2n) is 8.72. The summed E-state index contributed by atoms with van der Waals surface area (Å²) in [5, 5.41) is 4.36. The van der Waals surface area contributed by atoms with Gasteiger partial charge in [-0.1, -0.05) is 40.0 Å². The third kappa shape index (κ3) is 5.80. The van der Waals surface area contributed by atoms with Crippen molar-refractivity contribution in [1.82, 2.24) is 4.57 Å². The van der Waals surface area contributed by atoms with Crippen molar-refractivity contribution < 1.29 is 9.53 Å². The third-order valence-corrected chi connectivity index (χ3v) is 5.81. The van der Waals surface area contributed by atoms with E-state index >= 15 is 0 Å². The first kappa shape index (κ1) is 25.2. The Morgan fingerprint density at radius 1 is 1.26 bits per heavy atom. The van der Waals surface area contributed by atoms with E-state index in [-0.39, 0.29) is 36.3 Å². The van der Waals surface area contributed by atoms with E-state index in [0.29, 0.717) is 35.9 Å². The van der Waals surface area contributed by atoms with E-state index in [1.165, 1.54) is 0 Å². The van der Waals surface area contributed by atoms with Gasteiger partial charge < -0.3 is 20.4 Å². The minimum Gasteiger partial charge on any atom is -0.491 e. The maximum Gasteiger partial charge on any atom is 0.258 e. The quantitative estimate of drug-likeness (QED) is 0.536. The maximum absolute atomic E-state index is 13.2. The van der Waals surface area contributed by atoms with Crippen molar-refractivity contribution in [1.29, 1.82) is 0 Å². The number of carbonyl (C=O) groups is 1. The Hall–Kier alpha value is -2.05. The van der Waals surface area contributed by atoms with Crippen LogP contribution in [0.3, 0.4) is 0 Å². The van der Waals surface area contributed by atoms with Crippen molar-refractivity contribution in [2.45, 2.75) is 72.4 Å². The summed E-state index contributed by atoms with van der Waals surface area (Å²) in [6.07, 6.45) is 6.06. The minimum absolute atomic E-state index is 0. The summed E-state index contributed by atoms with van der Waals surface area (Å²) in [5.41, 5.74) is 7.44. The van der Waals surface area contributed by atoms with Gasteiger partial charge in [-0.05, 0) is 43.4 Å². The molecular formula is C24H36ClN3O3. The first-order valence-electron chi connectivity index (χ1n) is 11.3. The molecule has 3 rings (SSSR count). The molecule has 6 nitrogen and oxygen atoms in total. The van der Waals surface area contributed by atoms with E-state index in [9.17, 15) is 9.59 Å². The number of pyridine rings is 1. The van der Waals surface area contributed by atoms with Crippen LogP contribution in [0, 0.1) is 11.8 Å². The smallest absolute Gasteiger partial charge is 0.258 e. The van der Waals surface area contributed by atoms with Gasteiger partial charge in [0, 0.05) is 30.1 Å². The molecule has 1 aliphatic carbocycles. The largest absolute Gasteiger partial charge is 0.491 e. The highest BCUT2D eigenvalue weighted by Crippen LogP contribution is 2.32. The fourth-order valence-electron chi connectivity index (χ4n) is 4.22. The number of unbranched alkanes of at least 4 members (excludes halogenated alkanes) is 1. The van der Waals surface area contributed by atoms with Crippen LogP contribution in [0.4, 0.5) is 5.69 Å². The number of carbonyl (C=O) groups excluding carboxylic acids is 1. The molecule has 0 aliphatic heterocycles. The van der Waals surface area contributed by atoms with E-state index in [1.54, 1.807) is 10.6 Å². The maximum atomic E-state index is 13.2. The van der Waals surface area contributed by atoms with Crippen molar-refractivity contribution in [2.24, 2.45) is 17.6 Å². The number of anilines is 1. The van der Waals surface area contributed by atoms with Gasteiger partial charge in [-0.15, -0.1) is 12.4 Å². The number of nitrogens with one attached hydrogen (secondary N) is 1. The molecule has 0 atom stereocenters. The van der Waals surface area contributed by atoms with Gasteiger partial charge in [0.05, 0.1) is 17.7 Å². The fourth-order valence-corrected chi connectivity index (χ4v) is 4.22. The van der Waals surface area contributed by atoms with Crippen LogP contribution < -0.4 is 21.3 Å². The molecule has 1 heterocycles. The molecule has 1 fully saturated rings. The summed E-state index contributed by atoms with van der Waals surface area (Å²) in [5.74, 6) is 1.11. The van der Waals surface area contributed by atoms with Crippen molar-refractivity contribution in [3.05, 3.63) is 34.2 Å². The van der Waals surface area contributed by atoms with Crippen LogP contribution in [0.15, 0.2) is 23.0 Å². The predicted octanol–water partition coefficient (Wildman–Crippen LogP) is 4.85. The highest BCUT2D eigenvalue weighted by atomic mass is 35.5. The molecule has 31 heavy (non-hydrogen) atoms. The summed E-state index contributed by atoms with van der Waals surface area (Å²) in [7, 11) is 0. The number of hydrogen-bond donors (Lipinski definition) is 2. The molecule has 1 saturated carbocycles. The number of amides is 1. The lowest BCUT2D eigenvalue weighted by atomic mass is 10.1. The van der Waals surface area contributed by atoms with E-state index < -0.39 is 0 Å². The summed E-state index contributed by atoms with van der Waals surface area (Å²) in [6, 6.07) is 5.48. The molecule has 0 spiro atoms. The summed E-state index contributed by atoms with van der Waals surface area (Å²) in [4.78, 5) is 25.8. The summed E-state index contributed by atoms with van der Waals surface area (Å²) < 4.78 is 7.92. The predicted molar refractivity (Wildman–Crippen MR) is 129 cm³/mol. The minimum atomic E-state index is -0.0596. The van der Waals surface area contributed by atoms with Gasteiger partial charge in [0.2, 0.25) is 5.91 Å². The number of nitrogens with zero attached hydrogens (tertiary/aromatic N) is 1. The van der Waals surface area contributed by atoms with E-state index in [2.05, 4.69) is 26.1 Å². The van der Waals surface area contributed by atoms with Crippen molar-refractivity contribution in [3.63, 3.8) is 0 Å². The van der Waals surface area contributed by atoms with Gasteiger partial charge in [0.1, 0.15) is 5.75 Å². The average molecular weight is 450 g/mol. The Morgan fingerprint density at radius 2 is 1.97 bits per heavy atom. The Kier molecular flexibility index (Phi) is 9.38. The van der Waals surface area contributed by atoms with Crippen LogP contribution in [0.1, 0.15) is 65.0 Å². The SMILES string of the molecule is CCCCOc1c(CN)n(CC(C)C)c(=O)c2ccc(NC(=O)C3CCCC3)cc12.Cl. The molecule has 0 radical (unpaired) electrons.